The van der Waals surface area contributed by atoms with Crippen molar-refractivity contribution in [3.8, 4) is 0 Å². The smallest absolute Gasteiger partial charge is 0.251 e. The van der Waals surface area contributed by atoms with E-state index in [1.54, 1.807) is 23.3 Å². The molecule has 3 rings (SSSR count). The summed E-state index contributed by atoms with van der Waals surface area (Å²) in [6.07, 6.45) is 4.86. The van der Waals surface area contributed by atoms with E-state index in [2.05, 4.69) is 37.2 Å². The summed E-state index contributed by atoms with van der Waals surface area (Å²) in [6.45, 7) is 7.83. The maximum absolute atomic E-state index is 12.6. The van der Waals surface area contributed by atoms with Crippen LogP contribution in [0.15, 0.2) is 31.0 Å². The summed E-state index contributed by atoms with van der Waals surface area (Å²) in [6, 6.07) is 3.56. The molecule has 0 saturated carbocycles. The van der Waals surface area contributed by atoms with Gasteiger partial charge in [0, 0.05) is 44.0 Å². The number of pyridine rings is 1. The van der Waals surface area contributed by atoms with Crippen molar-refractivity contribution < 1.29 is 4.79 Å². The molecule has 1 aliphatic heterocycles. The van der Waals surface area contributed by atoms with Gasteiger partial charge >= 0.3 is 0 Å². The SMILES string of the molecule is CC(NC(=O)c1ccnc(N2CCN(C)CC2)c1)C(C)n1cncn1. The van der Waals surface area contributed by atoms with Gasteiger partial charge in [-0.2, -0.15) is 5.10 Å². The molecule has 2 atom stereocenters. The van der Waals surface area contributed by atoms with Crippen molar-refractivity contribution in [1.82, 2.24) is 30.0 Å². The fraction of sp³-hybridized carbons (Fsp3) is 0.529. The molecule has 1 amide bonds. The fourth-order valence-corrected chi connectivity index (χ4v) is 2.84. The Morgan fingerprint density at radius 1 is 1.24 bits per heavy atom. The first-order valence-corrected chi connectivity index (χ1v) is 8.59. The summed E-state index contributed by atoms with van der Waals surface area (Å²) >= 11 is 0. The van der Waals surface area contributed by atoms with Crippen molar-refractivity contribution in [3.05, 3.63) is 36.5 Å². The van der Waals surface area contributed by atoms with Crippen LogP contribution in [0.4, 0.5) is 5.82 Å². The van der Waals surface area contributed by atoms with Crippen LogP contribution in [0.25, 0.3) is 0 Å². The van der Waals surface area contributed by atoms with E-state index in [1.807, 2.05) is 19.9 Å². The van der Waals surface area contributed by atoms with Crippen molar-refractivity contribution in [1.29, 1.82) is 0 Å². The van der Waals surface area contributed by atoms with Gasteiger partial charge in [0.1, 0.15) is 18.5 Å². The highest BCUT2D eigenvalue weighted by Crippen LogP contribution is 2.16. The Balaban J connectivity index is 1.65. The van der Waals surface area contributed by atoms with Crippen molar-refractivity contribution in [2.24, 2.45) is 0 Å². The molecule has 2 unspecified atom stereocenters. The number of anilines is 1. The number of nitrogens with zero attached hydrogens (tertiary/aromatic N) is 6. The molecule has 0 radical (unpaired) electrons. The summed E-state index contributed by atoms with van der Waals surface area (Å²) in [4.78, 5) is 25.5. The van der Waals surface area contributed by atoms with E-state index >= 15 is 0 Å². The molecule has 1 saturated heterocycles. The van der Waals surface area contributed by atoms with Gasteiger partial charge in [-0.25, -0.2) is 14.6 Å². The number of nitrogens with one attached hydrogen (secondary N) is 1. The number of hydrogen-bond acceptors (Lipinski definition) is 6. The average Bonchev–Trinajstić information content (AvgIpc) is 3.16. The van der Waals surface area contributed by atoms with Gasteiger partial charge in [0.25, 0.3) is 5.91 Å². The molecular formula is C17H25N7O. The van der Waals surface area contributed by atoms with Crippen LogP contribution in [0, 0.1) is 0 Å². The standard InChI is InChI=1S/C17H25N7O/c1-13(14(2)24-12-18-11-20-24)21-17(25)15-4-5-19-16(10-15)23-8-6-22(3)7-9-23/h4-5,10-14H,6-9H2,1-3H3,(H,21,25). The summed E-state index contributed by atoms with van der Waals surface area (Å²) in [5.41, 5.74) is 0.626. The van der Waals surface area contributed by atoms with Gasteiger partial charge in [0.05, 0.1) is 6.04 Å². The molecule has 8 heteroatoms. The third-order valence-corrected chi connectivity index (χ3v) is 4.77. The van der Waals surface area contributed by atoms with Gasteiger partial charge in [-0.3, -0.25) is 4.79 Å². The first kappa shape index (κ1) is 17.3. The zero-order valence-electron chi connectivity index (χ0n) is 15.0. The Morgan fingerprint density at radius 2 is 2.00 bits per heavy atom. The monoisotopic (exact) mass is 343 g/mol. The highest BCUT2D eigenvalue weighted by molar-refractivity contribution is 5.95. The summed E-state index contributed by atoms with van der Waals surface area (Å²) in [7, 11) is 2.12. The fourth-order valence-electron chi connectivity index (χ4n) is 2.84. The largest absolute Gasteiger partial charge is 0.354 e. The summed E-state index contributed by atoms with van der Waals surface area (Å²) in [5, 5.41) is 7.17. The number of amides is 1. The Kier molecular flexibility index (Phi) is 5.28. The highest BCUT2D eigenvalue weighted by Gasteiger charge is 2.20. The molecular weight excluding hydrogens is 318 g/mol. The number of piperazine rings is 1. The van der Waals surface area contributed by atoms with Gasteiger partial charge < -0.3 is 15.1 Å². The number of likely N-dealkylation sites (N-methyl/N-ethyl adjacent to an activating group) is 1. The second kappa shape index (κ2) is 7.60. The van der Waals surface area contributed by atoms with Crippen LogP contribution in [0.3, 0.4) is 0 Å². The summed E-state index contributed by atoms with van der Waals surface area (Å²) < 4.78 is 1.74. The van der Waals surface area contributed by atoms with Gasteiger partial charge in [0.2, 0.25) is 0 Å². The number of aromatic nitrogens is 4. The van der Waals surface area contributed by atoms with E-state index in [4.69, 9.17) is 0 Å². The van der Waals surface area contributed by atoms with Crippen LogP contribution in [0.2, 0.25) is 0 Å². The van der Waals surface area contributed by atoms with Crippen LogP contribution in [-0.4, -0.2) is 69.8 Å². The molecule has 0 aliphatic carbocycles. The Morgan fingerprint density at radius 3 is 2.68 bits per heavy atom. The molecule has 2 aromatic rings. The Labute approximate surface area is 147 Å². The molecule has 0 aromatic carbocycles. The molecule has 134 valence electrons. The molecule has 3 heterocycles. The van der Waals surface area contributed by atoms with Crippen molar-refractivity contribution in [2.75, 3.05) is 38.1 Å². The zero-order chi connectivity index (χ0) is 17.8. The number of carbonyl (C=O) groups is 1. The van der Waals surface area contributed by atoms with Crippen molar-refractivity contribution in [2.45, 2.75) is 25.9 Å². The highest BCUT2D eigenvalue weighted by atomic mass is 16.1. The topological polar surface area (TPSA) is 79.2 Å². The van der Waals surface area contributed by atoms with Gasteiger partial charge in [-0.05, 0) is 33.0 Å². The molecule has 2 aromatic heterocycles. The molecule has 0 spiro atoms. The van der Waals surface area contributed by atoms with Gasteiger partial charge in [0.15, 0.2) is 0 Å². The second-order valence-corrected chi connectivity index (χ2v) is 6.57. The third-order valence-electron chi connectivity index (χ3n) is 4.77. The lowest BCUT2D eigenvalue weighted by atomic mass is 10.1. The maximum atomic E-state index is 12.6. The predicted octanol–water partition coefficient (Wildman–Crippen LogP) is 0.804. The quantitative estimate of drug-likeness (QED) is 0.865. The lowest BCUT2D eigenvalue weighted by molar-refractivity contribution is 0.0928. The van der Waals surface area contributed by atoms with E-state index < -0.39 is 0 Å². The molecule has 1 aliphatic rings. The first-order valence-electron chi connectivity index (χ1n) is 8.59. The number of rotatable bonds is 5. The van der Waals surface area contributed by atoms with E-state index in [1.165, 1.54) is 6.33 Å². The minimum atomic E-state index is -0.0998. The lowest BCUT2D eigenvalue weighted by Gasteiger charge is -2.33. The van der Waals surface area contributed by atoms with E-state index in [0.717, 1.165) is 32.0 Å². The predicted molar refractivity (Wildman–Crippen MR) is 95.6 cm³/mol. The third kappa shape index (κ3) is 4.14. The minimum absolute atomic E-state index is 0.0189. The molecule has 0 bridgehead atoms. The van der Waals surface area contributed by atoms with Crippen LogP contribution in [-0.2, 0) is 0 Å². The minimum Gasteiger partial charge on any atom is -0.354 e. The van der Waals surface area contributed by atoms with E-state index in [-0.39, 0.29) is 18.0 Å². The normalized spacial score (nSPS) is 18.0. The second-order valence-electron chi connectivity index (χ2n) is 6.57. The van der Waals surface area contributed by atoms with Crippen LogP contribution in [0.5, 0.6) is 0 Å². The van der Waals surface area contributed by atoms with E-state index in [0.29, 0.717) is 5.56 Å². The number of carbonyl (C=O) groups excluding carboxylic acids is 1. The average molecular weight is 343 g/mol. The van der Waals surface area contributed by atoms with Crippen molar-refractivity contribution in [3.63, 3.8) is 0 Å². The molecule has 8 nitrogen and oxygen atoms in total. The van der Waals surface area contributed by atoms with E-state index in [9.17, 15) is 4.79 Å². The van der Waals surface area contributed by atoms with Gasteiger partial charge in [-0.1, -0.05) is 0 Å². The van der Waals surface area contributed by atoms with Crippen LogP contribution >= 0.6 is 0 Å². The maximum Gasteiger partial charge on any atom is 0.251 e. The number of hydrogen-bond donors (Lipinski definition) is 1. The van der Waals surface area contributed by atoms with Crippen molar-refractivity contribution >= 4 is 11.7 Å². The summed E-state index contributed by atoms with van der Waals surface area (Å²) in [5.74, 6) is 0.759. The van der Waals surface area contributed by atoms with Crippen LogP contribution in [0.1, 0.15) is 30.2 Å². The first-order chi connectivity index (χ1) is 12.0. The van der Waals surface area contributed by atoms with Crippen LogP contribution < -0.4 is 10.2 Å². The Hall–Kier alpha value is -2.48. The zero-order valence-corrected chi connectivity index (χ0v) is 15.0. The Bertz CT molecular complexity index is 695. The van der Waals surface area contributed by atoms with Gasteiger partial charge in [-0.15, -0.1) is 0 Å². The molecule has 1 fully saturated rings. The lowest BCUT2D eigenvalue weighted by Crippen LogP contribution is -2.45. The molecule has 1 N–H and O–H groups in total. The molecule has 25 heavy (non-hydrogen) atoms.